The molecule has 1 amide bonds. The third-order valence-electron chi connectivity index (χ3n) is 3.69. The van der Waals surface area contributed by atoms with E-state index in [0.29, 0.717) is 5.13 Å². The van der Waals surface area contributed by atoms with Crippen LogP contribution in [0.25, 0.3) is 21.0 Å². The van der Waals surface area contributed by atoms with Crippen LogP contribution < -0.4 is 5.32 Å². The van der Waals surface area contributed by atoms with Crippen molar-refractivity contribution in [1.29, 1.82) is 0 Å². The zero-order valence-corrected chi connectivity index (χ0v) is 13.8. The van der Waals surface area contributed by atoms with Gasteiger partial charge in [-0.1, -0.05) is 59.3 Å². The van der Waals surface area contributed by atoms with Crippen LogP contribution in [0.15, 0.2) is 54.6 Å². The molecule has 0 bridgehead atoms. The zero-order chi connectivity index (χ0) is 16.7. The van der Waals surface area contributed by atoms with Crippen molar-refractivity contribution in [2.24, 2.45) is 0 Å². The number of amides is 1. The molecule has 0 aliphatic heterocycles. The molecule has 0 spiro atoms. The fraction of sp³-hybridized carbons (Fsp3) is 0. The summed E-state index contributed by atoms with van der Waals surface area (Å²) in [6, 6.07) is 16.0. The van der Waals surface area contributed by atoms with E-state index in [9.17, 15) is 9.18 Å². The lowest BCUT2D eigenvalue weighted by Crippen LogP contribution is -2.14. The second kappa shape index (κ2) is 5.85. The van der Waals surface area contributed by atoms with Crippen molar-refractivity contribution in [2.45, 2.75) is 0 Å². The topological polar surface area (TPSA) is 42.0 Å². The van der Waals surface area contributed by atoms with Crippen LogP contribution in [0.3, 0.4) is 0 Å². The van der Waals surface area contributed by atoms with Gasteiger partial charge in [0.05, 0.1) is 20.8 Å². The van der Waals surface area contributed by atoms with Gasteiger partial charge >= 0.3 is 0 Å². The van der Waals surface area contributed by atoms with E-state index in [1.54, 1.807) is 0 Å². The molecule has 0 saturated heterocycles. The van der Waals surface area contributed by atoms with E-state index in [1.165, 1.54) is 29.5 Å². The van der Waals surface area contributed by atoms with Crippen LogP contribution in [0, 0.1) is 5.82 Å². The standard InChI is InChI=1S/C18H10ClFN2OS/c19-12-6-3-7-13(20)15(12)17(23)22-18-21-16-11-5-2-1-4-10(11)8-9-14(16)24-18/h1-9H,(H,21,22,23). The fourth-order valence-corrected chi connectivity index (χ4v) is 3.72. The summed E-state index contributed by atoms with van der Waals surface area (Å²) < 4.78 is 14.8. The molecular formula is C18H10ClFN2OS. The number of aromatic nitrogens is 1. The van der Waals surface area contributed by atoms with E-state index in [2.05, 4.69) is 10.3 Å². The molecule has 3 aromatic carbocycles. The number of benzene rings is 3. The molecule has 4 rings (SSSR count). The molecule has 4 aromatic rings. The number of nitrogens with one attached hydrogen (secondary N) is 1. The average Bonchev–Trinajstić information content (AvgIpc) is 2.97. The molecule has 1 N–H and O–H groups in total. The Bertz CT molecular complexity index is 1070. The Morgan fingerprint density at radius 3 is 2.75 bits per heavy atom. The molecule has 3 nitrogen and oxygen atoms in total. The summed E-state index contributed by atoms with van der Waals surface area (Å²) >= 11 is 7.27. The number of rotatable bonds is 2. The zero-order valence-electron chi connectivity index (χ0n) is 12.2. The number of hydrogen-bond acceptors (Lipinski definition) is 3. The van der Waals surface area contributed by atoms with Gasteiger partial charge in [-0.2, -0.15) is 0 Å². The van der Waals surface area contributed by atoms with Gasteiger partial charge < -0.3 is 0 Å². The van der Waals surface area contributed by atoms with Crippen molar-refractivity contribution in [3.63, 3.8) is 0 Å². The van der Waals surface area contributed by atoms with Crippen LogP contribution in [0.2, 0.25) is 5.02 Å². The van der Waals surface area contributed by atoms with Gasteiger partial charge in [0.15, 0.2) is 5.13 Å². The van der Waals surface area contributed by atoms with Gasteiger partial charge in [-0.05, 0) is 23.6 Å². The van der Waals surface area contributed by atoms with Crippen molar-refractivity contribution in [3.8, 4) is 0 Å². The molecule has 1 heterocycles. The average molecular weight is 357 g/mol. The Balaban J connectivity index is 1.75. The number of carbonyl (C=O) groups is 1. The Labute approximate surface area is 145 Å². The molecule has 0 radical (unpaired) electrons. The SMILES string of the molecule is O=C(Nc1nc2c(ccc3ccccc32)s1)c1c(F)cccc1Cl. The van der Waals surface area contributed by atoms with E-state index in [4.69, 9.17) is 11.6 Å². The van der Waals surface area contributed by atoms with E-state index < -0.39 is 11.7 Å². The molecule has 24 heavy (non-hydrogen) atoms. The first-order valence-electron chi connectivity index (χ1n) is 7.17. The normalized spacial score (nSPS) is 11.1. The number of fused-ring (bicyclic) bond motifs is 3. The number of carbonyl (C=O) groups excluding carboxylic acids is 1. The highest BCUT2D eigenvalue weighted by Gasteiger charge is 2.17. The minimum atomic E-state index is -0.661. The van der Waals surface area contributed by atoms with Crippen molar-refractivity contribution >= 4 is 55.0 Å². The van der Waals surface area contributed by atoms with E-state index in [0.717, 1.165) is 21.0 Å². The second-order valence-electron chi connectivity index (χ2n) is 5.20. The van der Waals surface area contributed by atoms with Crippen LogP contribution in [0.4, 0.5) is 9.52 Å². The number of hydrogen-bond donors (Lipinski definition) is 1. The summed E-state index contributed by atoms with van der Waals surface area (Å²) in [6.45, 7) is 0. The van der Waals surface area contributed by atoms with Crippen LogP contribution in [0.1, 0.15) is 10.4 Å². The highest BCUT2D eigenvalue weighted by atomic mass is 35.5. The Kier molecular flexibility index (Phi) is 3.67. The number of thiazole rings is 1. The minimum Gasteiger partial charge on any atom is -0.298 e. The van der Waals surface area contributed by atoms with Crippen LogP contribution >= 0.6 is 22.9 Å². The molecule has 0 aliphatic carbocycles. The van der Waals surface area contributed by atoms with E-state index in [1.807, 2.05) is 36.4 Å². The summed E-state index contributed by atoms with van der Waals surface area (Å²) in [5, 5.41) is 5.20. The summed E-state index contributed by atoms with van der Waals surface area (Å²) in [4.78, 5) is 16.8. The van der Waals surface area contributed by atoms with Gasteiger partial charge in [0, 0.05) is 5.39 Å². The van der Waals surface area contributed by atoms with Gasteiger partial charge in [0.1, 0.15) is 5.82 Å². The highest BCUT2D eigenvalue weighted by Crippen LogP contribution is 2.32. The second-order valence-corrected chi connectivity index (χ2v) is 6.64. The summed E-state index contributed by atoms with van der Waals surface area (Å²) in [7, 11) is 0. The van der Waals surface area contributed by atoms with Crippen molar-refractivity contribution in [3.05, 3.63) is 71.0 Å². The van der Waals surface area contributed by atoms with Gasteiger partial charge in [-0.3, -0.25) is 10.1 Å². The molecule has 118 valence electrons. The Hall–Kier alpha value is -2.50. The maximum Gasteiger partial charge on any atom is 0.261 e. The third kappa shape index (κ3) is 2.52. The molecule has 1 aromatic heterocycles. The lowest BCUT2D eigenvalue weighted by molar-refractivity contribution is 0.102. The van der Waals surface area contributed by atoms with Crippen LogP contribution in [-0.2, 0) is 0 Å². The van der Waals surface area contributed by atoms with Crippen LogP contribution in [0.5, 0.6) is 0 Å². The largest absolute Gasteiger partial charge is 0.298 e. The van der Waals surface area contributed by atoms with Crippen LogP contribution in [-0.4, -0.2) is 10.9 Å². The molecule has 0 unspecified atom stereocenters. The van der Waals surface area contributed by atoms with Crippen molar-refractivity contribution < 1.29 is 9.18 Å². The molecule has 0 saturated carbocycles. The van der Waals surface area contributed by atoms with Crippen molar-refractivity contribution in [2.75, 3.05) is 5.32 Å². The first-order valence-corrected chi connectivity index (χ1v) is 8.36. The van der Waals surface area contributed by atoms with E-state index in [-0.39, 0.29) is 10.6 Å². The predicted molar refractivity (Wildman–Crippen MR) is 96.5 cm³/mol. The smallest absolute Gasteiger partial charge is 0.261 e. The Morgan fingerprint density at radius 2 is 1.92 bits per heavy atom. The number of halogens is 2. The lowest BCUT2D eigenvalue weighted by atomic mass is 10.1. The highest BCUT2D eigenvalue weighted by molar-refractivity contribution is 7.22. The molecule has 0 fully saturated rings. The quantitative estimate of drug-likeness (QED) is 0.515. The summed E-state index contributed by atoms with van der Waals surface area (Å²) in [6.07, 6.45) is 0. The third-order valence-corrected chi connectivity index (χ3v) is 4.94. The van der Waals surface area contributed by atoms with Gasteiger partial charge in [-0.25, -0.2) is 9.37 Å². The number of anilines is 1. The fourth-order valence-electron chi connectivity index (χ4n) is 2.59. The lowest BCUT2D eigenvalue weighted by Gasteiger charge is -2.04. The summed E-state index contributed by atoms with van der Waals surface area (Å²) in [5.41, 5.74) is 0.635. The van der Waals surface area contributed by atoms with Gasteiger partial charge in [0.2, 0.25) is 0 Å². The minimum absolute atomic E-state index is 0.0686. The molecular weight excluding hydrogens is 347 g/mol. The van der Waals surface area contributed by atoms with E-state index >= 15 is 0 Å². The van der Waals surface area contributed by atoms with Gasteiger partial charge in [0.25, 0.3) is 5.91 Å². The predicted octanol–water partition coefficient (Wildman–Crippen LogP) is 5.49. The first kappa shape index (κ1) is 15.1. The van der Waals surface area contributed by atoms with Crippen molar-refractivity contribution in [1.82, 2.24) is 4.98 Å². The molecule has 6 heteroatoms. The monoisotopic (exact) mass is 356 g/mol. The Morgan fingerprint density at radius 1 is 1.08 bits per heavy atom. The molecule has 0 atom stereocenters. The maximum absolute atomic E-state index is 13.9. The van der Waals surface area contributed by atoms with Gasteiger partial charge in [-0.15, -0.1) is 0 Å². The maximum atomic E-state index is 13.9. The number of nitrogens with zero attached hydrogens (tertiary/aromatic N) is 1. The molecule has 0 aliphatic rings. The first-order chi connectivity index (χ1) is 11.6. The summed E-state index contributed by atoms with van der Waals surface area (Å²) in [5.74, 6) is -1.27.